The topological polar surface area (TPSA) is 77.9 Å². The third kappa shape index (κ3) is 5.79. The average molecular weight is 332 g/mol. The van der Waals surface area contributed by atoms with Gasteiger partial charge >= 0.3 is 12.1 Å². The molecular formula is C11H19F3N2O4S. The van der Waals surface area contributed by atoms with E-state index in [2.05, 4.69) is 0 Å². The van der Waals surface area contributed by atoms with Crippen LogP contribution in [0.5, 0.6) is 0 Å². The largest absolute Gasteiger partial charge is 0.480 e. The highest BCUT2D eigenvalue weighted by molar-refractivity contribution is 7.89. The summed E-state index contributed by atoms with van der Waals surface area (Å²) in [7, 11) is -3.72. The van der Waals surface area contributed by atoms with Gasteiger partial charge < -0.3 is 5.11 Å². The molecule has 1 N–H and O–H groups in total. The second kappa shape index (κ2) is 6.93. The number of carboxylic acid groups (broad SMARTS) is 1. The Bertz CT molecular complexity index is 459. The summed E-state index contributed by atoms with van der Waals surface area (Å²) in [5, 5.41) is 8.87. The van der Waals surface area contributed by atoms with Gasteiger partial charge in [0, 0.05) is 32.6 Å². The molecule has 1 fully saturated rings. The van der Waals surface area contributed by atoms with Gasteiger partial charge in [0.15, 0.2) is 0 Å². The summed E-state index contributed by atoms with van der Waals surface area (Å²) in [4.78, 5) is 12.5. The Morgan fingerprint density at radius 1 is 1.24 bits per heavy atom. The fourth-order valence-corrected chi connectivity index (χ4v) is 3.60. The lowest BCUT2D eigenvalue weighted by Gasteiger charge is -2.35. The molecule has 1 atom stereocenters. The van der Waals surface area contributed by atoms with E-state index in [0.717, 1.165) is 4.31 Å². The minimum absolute atomic E-state index is 0.103. The molecule has 1 saturated heterocycles. The summed E-state index contributed by atoms with van der Waals surface area (Å²) in [5.41, 5.74) is 0. The number of hydrogen-bond donors (Lipinski definition) is 1. The molecule has 1 rings (SSSR count). The minimum atomic E-state index is -4.36. The zero-order valence-corrected chi connectivity index (χ0v) is 12.5. The number of hydrogen-bond acceptors (Lipinski definition) is 4. The molecule has 1 aliphatic rings. The highest BCUT2D eigenvalue weighted by atomic mass is 32.2. The fraction of sp³-hybridized carbons (Fsp3) is 0.909. The van der Waals surface area contributed by atoms with E-state index in [9.17, 15) is 26.4 Å². The first kappa shape index (κ1) is 18.2. The maximum atomic E-state index is 12.0. The summed E-state index contributed by atoms with van der Waals surface area (Å²) in [6, 6.07) is -0.708. The van der Waals surface area contributed by atoms with E-state index in [4.69, 9.17) is 5.11 Å². The molecular weight excluding hydrogens is 313 g/mol. The van der Waals surface area contributed by atoms with Crippen molar-refractivity contribution >= 4 is 16.0 Å². The summed E-state index contributed by atoms with van der Waals surface area (Å²) >= 11 is 0. The molecule has 1 unspecified atom stereocenters. The van der Waals surface area contributed by atoms with E-state index in [0.29, 0.717) is 0 Å². The third-order valence-electron chi connectivity index (χ3n) is 3.43. The average Bonchev–Trinajstić information content (AvgIpc) is 2.36. The molecule has 0 aromatic heterocycles. The van der Waals surface area contributed by atoms with Crippen molar-refractivity contribution in [3.05, 3.63) is 0 Å². The minimum Gasteiger partial charge on any atom is -0.480 e. The summed E-state index contributed by atoms with van der Waals surface area (Å²) in [6.45, 7) is 2.23. The normalized spacial score (nSPS) is 20.4. The van der Waals surface area contributed by atoms with Crippen molar-refractivity contribution in [2.45, 2.75) is 32.0 Å². The second-order valence-electron chi connectivity index (χ2n) is 4.98. The first-order chi connectivity index (χ1) is 9.53. The van der Waals surface area contributed by atoms with Crippen LogP contribution in [0.1, 0.15) is 19.8 Å². The van der Waals surface area contributed by atoms with Gasteiger partial charge in [-0.2, -0.15) is 17.5 Å². The molecule has 1 heterocycles. The Morgan fingerprint density at radius 2 is 1.76 bits per heavy atom. The van der Waals surface area contributed by atoms with Gasteiger partial charge in [-0.05, 0) is 13.3 Å². The van der Waals surface area contributed by atoms with Crippen molar-refractivity contribution < 1.29 is 31.5 Å². The van der Waals surface area contributed by atoms with Crippen LogP contribution in [-0.4, -0.2) is 72.8 Å². The van der Waals surface area contributed by atoms with E-state index < -0.39 is 46.8 Å². The number of rotatable bonds is 6. The van der Waals surface area contributed by atoms with Gasteiger partial charge in [-0.1, -0.05) is 0 Å². The van der Waals surface area contributed by atoms with Crippen molar-refractivity contribution in [1.29, 1.82) is 0 Å². The van der Waals surface area contributed by atoms with Gasteiger partial charge in [0.05, 0.1) is 5.75 Å². The zero-order valence-electron chi connectivity index (χ0n) is 11.6. The number of aliphatic carboxylic acids is 1. The molecule has 21 heavy (non-hydrogen) atoms. The van der Waals surface area contributed by atoms with Crippen LogP contribution in [-0.2, 0) is 14.8 Å². The molecule has 0 bridgehead atoms. The molecule has 0 radical (unpaired) electrons. The Balaban J connectivity index is 2.47. The van der Waals surface area contributed by atoms with Crippen LogP contribution in [0.4, 0.5) is 13.2 Å². The Hall–Kier alpha value is -0.870. The number of halogens is 3. The van der Waals surface area contributed by atoms with Crippen LogP contribution in [0.25, 0.3) is 0 Å². The summed E-state index contributed by atoms with van der Waals surface area (Å²) < 4.78 is 61.0. The van der Waals surface area contributed by atoms with Crippen molar-refractivity contribution in [3.63, 3.8) is 0 Å². The number of sulfonamides is 1. The molecule has 124 valence electrons. The highest BCUT2D eigenvalue weighted by Gasteiger charge is 2.32. The number of nitrogens with zero attached hydrogens (tertiary/aromatic N) is 2. The van der Waals surface area contributed by atoms with Gasteiger partial charge in [0.25, 0.3) is 0 Å². The molecule has 10 heteroatoms. The van der Waals surface area contributed by atoms with Crippen molar-refractivity contribution in [2.75, 3.05) is 31.9 Å². The van der Waals surface area contributed by atoms with E-state index in [-0.39, 0.29) is 26.2 Å². The Morgan fingerprint density at radius 3 is 2.19 bits per heavy atom. The van der Waals surface area contributed by atoms with Crippen molar-refractivity contribution in [3.8, 4) is 0 Å². The predicted molar refractivity (Wildman–Crippen MR) is 69.3 cm³/mol. The third-order valence-corrected chi connectivity index (χ3v) is 5.39. The quantitative estimate of drug-likeness (QED) is 0.777. The highest BCUT2D eigenvalue weighted by Crippen LogP contribution is 2.22. The Labute approximate surface area is 121 Å². The maximum Gasteiger partial charge on any atom is 0.389 e. The lowest BCUT2D eigenvalue weighted by atomic mass is 10.2. The van der Waals surface area contributed by atoms with Crippen LogP contribution < -0.4 is 0 Å². The molecule has 0 amide bonds. The lowest BCUT2D eigenvalue weighted by Crippen LogP contribution is -2.53. The SMILES string of the molecule is CC(C(=O)O)N1CCN(S(=O)(=O)CCCC(F)(F)F)CC1. The first-order valence-corrected chi connectivity index (χ1v) is 8.15. The lowest BCUT2D eigenvalue weighted by molar-refractivity contribution is -0.143. The van der Waals surface area contributed by atoms with Crippen molar-refractivity contribution in [2.24, 2.45) is 0 Å². The van der Waals surface area contributed by atoms with Gasteiger partial charge in [-0.15, -0.1) is 0 Å². The van der Waals surface area contributed by atoms with Crippen LogP contribution in [0.2, 0.25) is 0 Å². The first-order valence-electron chi connectivity index (χ1n) is 6.54. The number of carboxylic acids is 1. The molecule has 0 aliphatic carbocycles. The fourth-order valence-electron chi connectivity index (χ4n) is 2.11. The van der Waals surface area contributed by atoms with Gasteiger partial charge in [-0.3, -0.25) is 9.69 Å². The van der Waals surface area contributed by atoms with Gasteiger partial charge in [0.1, 0.15) is 6.04 Å². The van der Waals surface area contributed by atoms with E-state index in [1.807, 2.05) is 0 Å². The molecule has 6 nitrogen and oxygen atoms in total. The number of piperazine rings is 1. The van der Waals surface area contributed by atoms with Crippen LogP contribution in [0.15, 0.2) is 0 Å². The van der Waals surface area contributed by atoms with Crippen LogP contribution >= 0.6 is 0 Å². The molecule has 0 saturated carbocycles. The van der Waals surface area contributed by atoms with Gasteiger partial charge in [-0.25, -0.2) is 8.42 Å². The second-order valence-corrected chi connectivity index (χ2v) is 7.07. The van der Waals surface area contributed by atoms with E-state index in [1.165, 1.54) is 6.92 Å². The summed E-state index contributed by atoms with van der Waals surface area (Å²) in [5.74, 6) is -1.53. The number of carbonyl (C=O) groups is 1. The zero-order chi connectivity index (χ0) is 16.3. The monoisotopic (exact) mass is 332 g/mol. The van der Waals surface area contributed by atoms with Gasteiger partial charge in [0.2, 0.25) is 10.0 Å². The molecule has 0 aromatic carbocycles. The summed E-state index contributed by atoms with van der Waals surface area (Å²) in [6.07, 6.45) is -5.94. The van der Waals surface area contributed by atoms with Crippen LogP contribution in [0.3, 0.4) is 0 Å². The molecule has 0 aromatic rings. The van der Waals surface area contributed by atoms with E-state index in [1.54, 1.807) is 4.90 Å². The Kier molecular flexibility index (Phi) is 6.00. The van der Waals surface area contributed by atoms with Crippen molar-refractivity contribution in [1.82, 2.24) is 9.21 Å². The smallest absolute Gasteiger partial charge is 0.389 e. The van der Waals surface area contributed by atoms with E-state index >= 15 is 0 Å². The predicted octanol–water partition coefficient (Wildman–Crippen LogP) is 0.749. The number of alkyl halides is 3. The maximum absolute atomic E-state index is 12.0. The molecule has 1 aliphatic heterocycles. The molecule has 0 spiro atoms. The standard InChI is InChI=1S/C11H19F3N2O4S/c1-9(10(17)18)15-4-6-16(7-5-15)21(19,20)8-2-3-11(12,13)14/h9H,2-8H2,1H3,(H,17,18). The van der Waals surface area contributed by atoms with Crippen LogP contribution in [0, 0.1) is 0 Å².